The molecule has 2 aromatic heterocycles. The lowest BCUT2D eigenvalue weighted by atomic mass is 10.1. The summed E-state index contributed by atoms with van der Waals surface area (Å²) in [6.45, 7) is 3.87. The van der Waals surface area contributed by atoms with Gasteiger partial charge in [-0.15, -0.1) is 0 Å². The van der Waals surface area contributed by atoms with Crippen LogP contribution in [0.1, 0.15) is 17.0 Å². The SMILES string of the molecule is COC(=O)C(=C(O)CSc1nc2ccccc2c(=O)n1-c1c(C)cccc1C)c1nc2ccccc2[nH]1. The minimum atomic E-state index is -0.726. The van der Waals surface area contributed by atoms with Gasteiger partial charge >= 0.3 is 5.97 Å². The Morgan fingerprint density at radius 1 is 0.973 bits per heavy atom. The minimum absolute atomic E-state index is 0.0445. The van der Waals surface area contributed by atoms with E-state index in [4.69, 9.17) is 9.72 Å². The van der Waals surface area contributed by atoms with Gasteiger partial charge in [0.15, 0.2) is 5.16 Å². The molecule has 186 valence electrons. The largest absolute Gasteiger partial charge is 0.510 e. The van der Waals surface area contributed by atoms with Crippen LogP contribution in [-0.4, -0.2) is 43.5 Å². The molecule has 37 heavy (non-hydrogen) atoms. The Hall–Kier alpha value is -4.37. The summed E-state index contributed by atoms with van der Waals surface area (Å²) in [4.78, 5) is 38.6. The number of aliphatic hydroxyl groups is 1. The molecule has 5 aromatic rings. The summed E-state index contributed by atoms with van der Waals surface area (Å²) in [5.41, 5.74) is 4.21. The molecule has 0 aliphatic carbocycles. The van der Waals surface area contributed by atoms with E-state index in [1.165, 1.54) is 7.11 Å². The Labute approximate surface area is 216 Å². The Kier molecular flexibility index (Phi) is 6.54. The summed E-state index contributed by atoms with van der Waals surface area (Å²) < 4.78 is 6.51. The molecule has 0 spiro atoms. The molecule has 0 atom stereocenters. The van der Waals surface area contributed by atoms with Crippen molar-refractivity contribution in [1.82, 2.24) is 19.5 Å². The molecule has 0 saturated carbocycles. The van der Waals surface area contributed by atoms with Crippen LogP contribution in [0.3, 0.4) is 0 Å². The second kappa shape index (κ2) is 9.94. The van der Waals surface area contributed by atoms with Crippen LogP contribution >= 0.6 is 11.8 Å². The number of hydrogen-bond acceptors (Lipinski definition) is 7. The van der Waals surface area contributed by atoms with Gasteiger partial charge in [0.2, 0.25) is 0 Å². The number of nitrogens with one attached hydrogen (secondary N) is 1. The van der Waals surface area contributed by atoms with Gasteiger partial charge < -0.3 is 14.8 Å². The molecule has 5 rings (SSSR count). The molecule has 0 bridgehead atoms. The average molecular weight is 513 g/mol. The number of carbonyl (C=O) groups excluding carboxylic acids is 1. The summed E-state index contributed by atoms with van der Waals surface area (Å²) >= 11 is 1.15. The van der Waals surface area contributed by atoms with E-state index in [9.17, 15) is 14.7 Å². The number of rotatable bonds is 6. The van der Waals surface area contributed by atoms with Crippen molar-refractivity contribution in [2.24, 2.45) is 0 Å². The van der Waals surface area contributed by atoms with Crippen LogP contribution in [0.15, 0.2) is 82.4 Å². The number of fused-ring (bicyclic) bond motifs is 2. The van der Waals surface area contributed by atoms with E-state index in [1.807, 2.05) is 56.3 Å². The number of methoxy groups -OCH3 is 1. The average Bonchev–Trinajstić information content (AvgIpc) is 3.32. The third kappa shape index (κ3) is 4.49. The van der Waals surface area contributed by atoms with E-state index < -0.39 is 5.97 Å². The van der Waals surface area contributed by atoms with Crippen molar-refractivity contribution in [2.45, 2.75) is 19.0 Å². The Morgan fingerprint density at radius 2 is 1.65 bits per heavy atom. The van der Waals surface area contributed by atoms with Gasteiger partial charge in [-0.25, -0.2) is 14.8 Å². The van der Waals surface area contributed by atoms with Crippen LogP contribution in [-0.2, 0) is 9.53 Å². The standard InChI is InChI=1S/C28H24N4O4S/c1-16-9-8-10-17(2)24(16)32-26(34)18-11-4-5-12-19(18)31-28(32)37-15-22(33)23(27(35)36-3)25-29-20-13-6-7-14-21(20)30-25/h4-14,33H,15H2,1-3H3,(H,29,30). The van der Waals surface area contributed by atoms with Gasteiger partial charge in [-0.1, -0.05) is 54.2 Å². The molecule has 2 N–H and O–H groups in total. The first-order chi connectivity index (χ1) is 17.9. The highest BCUT2D eigenvalue weighted by Gasteiger charge is 2.23. The van der Waals surface area contributed by atoms with Crippen LogP contribution in [0.25, 0.3) is 33.2 Å². The number of aromatic nitrogens is 4. The maximum Gasteiger partial charge on any atom is 0.345 e. The van der Waals surface area contributed by atoms with Crippen LogP contribution in [0.2, 0.25) is 0 Å². The van der Waals surface area contributed by atoms with Crippen molar-refractivity contribution in [3.05, 3.63) is 99.8 Å². The van der Waals surface area contributed by atoms with E-state index >= 15 is 0 Å². The van der Waals surface area contributed by atoms with Gasteiger partial charge in [-0.05, 0) is 49.2 Å². The summed E-state index contributed by atoms with van der Waals surface area (Å²) in [6, 6.07) is 20.3. The van der Waals surface area contributed by atoms with Gasteiger partial charge in [-0.2, -0.15) is 0 Å². The molecule has 0 radical (unpaired) electrons. The van der Waals surface area contributed by atoms with Gasteiger partial charge in [0.05, 0.1) is 40.5 Å². The maximum atomic E-state index is 13.7. The topological polar surface area (TPSA) is 110 Å². The summed E-state index contributed by atoms with van der Waals surface area (Å²) in [5.74, 6) is -0.816. The van der Waals surface area contributed by atoms with Crippen LogP contribution in [0.4, 0.5) is 0 Å². The van der Waals surface area contributed by atoms with E-state index in [1.54, 1.807) is 28.8 Å². The highest BCUT2D eigenvalue weighted by molar-refractivity contribution is 7.99. The van der Waals surface area contributed by atoms with E-state index in [0.29, 0.717) is 21.6 Å². The van der Waals surface area contributed by atoms with Crippen molar-refractivity contribution >= 4 is 45.2 Å². The number of aromatic amines is 1. The predicted octanol–water partition coefficient (Wildman–Crippen LogP) is 5.11. The Balaban J connectivity index is 1.63. The van der Waals surface area contributed by atoms with Gasteiger partial charge in [0.1, 0.15) is 17.2 Å². The molecule has 0 aliphatic rings. The number of ether oxygens (including phenoxy) is 1. The molecule has 9 heteroatoms. The normalized spacial score (nSPS) is 12.1. The highest BCUT2D eigenvalue weighted by atomic mass is 32.2. The number of nitrogens with zero attached hydrogens (tertiary/aromatic N) is 3. The third-order valence-corrected chi connectivity index (χ3v) is 7.00. The number of hydrogen-bond donors (Lipinski definition) is 2. The molecule has 0 aliphatic heterocycles. The van der Waals surface area contributed by atoms with Crippen LogP contribution < -0.4 is 5.56 Å². The first-order valence-electron chi connectivity index (χ1n) is 11.6. The highest BCUT2D eigenvalue weighted by Crippen LogP contribution is 2.28. The number of aliphatic hydroxyl groups excluding tert-OH is 1. The minimum Gasteiger partial charge on any atom is -0.510 e. The molecule has 0 amide bonds. The van der Waals surface area contributed by atoms with E-state index in [0.717, 1.165) is 34.1 Å². The monoisotopic (exact) mass is 512 g/mol. The third-order valence-electron chi connectivity index (χ3n) is 6.05. The molecule has 2 heterocycles. The summed E-state index contributed by atoms with van der Waals surface area (Å²) in [7, 11) is 1.24. The molecule has 3 aromatic carbocycles. The maximum absolute atomic E-state index is 13.7. The summed E-state index contributed by atoms with van der Waals surface area (Å²) in [6.07, 6.45) is 0. The number of benzene rings is 3. The van der Waals surface area contributed by atoms with Crippen molar-refractivity contribution in [3.63, 3.8) is 0 Å². The predicted molar refractivity (Wildman–Crippen MR) is 145 cm³/mol. The zero-order valence-corrected chi connectivity index (χ0v) is 21.3. The van der Waals surface area contributed by atoms with Crippen molar-refractivity contribution in [3.8, 4) is 5.69 Å². The number of imidazole rings is 1. The van der Waals surface area contributed by atoms with E-state index in [2.05, 4.69) is 9.97 Å². The second-order valence-corrected chi connectivity index (χ2v) is 9.44. The smallest absolute Gasteiger partial charge is 0.345 e. The number of para-hydroxylation sites is 4. The first kappa shape index (κ1) is 24.3. The van der Waals surface area contributed by atoms with Crippen LogP contribution in [0, 0.1) is 13.8 Å². The molecule has 0 fully saturated rings. The Morgan fingerprint density at radius 3 is 2.35 bits per heavy atom. The van der Waals surface area contributed by atoms with E-state index in [-0.39, 0.29) is 28.5 Å². The number of esters is 1. The van der Waals surface area contributed by atoms with Crippen molar-refractivity contribution < 1.29 is 14.6 Å². The second-order valence-electron chi connectivity index (χ2n) is 8.50. The van der Waals surface area contributed by atoms with Crippen molar-refractivity contribution in [1.29, 1.82) is 0 Å². The molecule has 0 unspecified atom stereocenters. The number of carbonyl (C=O) groups is 1. The fraction of sp³-hybridized carbons (Fsp3) is 0.143. The quantitative estimate of drug-likeness (QED) is 0.107. The Bertz CT molecular complexity index is 1700. The molecular formula is C28H24N4O4S. The lowest BCUT2D eigenvalue weighted by Gasteiger charge is -2.17. The fourth-order valence-electron chi connectivity index (χ4n) is 4.29. The zero-order valence-electron chi connectivity index (χ0n) is 20.5. The number of aryl methyl sites for hydroxylation is 2. The lowest BCUT2D eigenvalue weighted by Crippen LogP contribution is -2.23. The number of thioether (sulfide) groups is 1. The van der Waals surface area contributed by atoms with Gasteiger partial charge in [-0.3, -0.25) is 9.36 Å². The van der Waals surface area contributed by atoms with Gasteiger partial charge in [0.25, 0.3) is 5.56 Å². The molecule has 0 saturated heterocycles. The summed E-state index contributed by atoms with van der Waals surface area (Å²) in [5, 5.41) is 12.0. The first-order valence-corrected chi connectivity index (χ1v) is 12.5. The molecule has 8 nitrogen and oxygen atoms in total. The molecular weight excluding hydrogens is 488 g/mol. The van der Waals surface area contributed by atoms with Crippen molar-refractivity contribution in [2.75, 3.05) is 12.9 Å². The fourth-order valence-corrected chi connectivity index (χ4v) is 5.17. The zero-order chi connectivity index (χ0) is 26.1. The van der Waals surface area contributed by atoms with Gasteiger partial charge in [0, 0.05) is 0 Å². The lowest BCUT2D eigenvalue weighted by molar-refractivity contribution is -0.133. The number of H-pyrrole nitrogens is 1. The van der Waals surface area contributed by atoms with Crippen LogP contribution in [0.5, 0.6) is 0 Å².